The third kappa shape index (κ3) is 17.3. The molecule has 2 saturated heterocycles. The van der Waals surface area contributed by atoms with E-state index in [9.17, 15) is 38.4 Å². The van der Waals surface area contributed by atoms with Crippen molar-refractivity contribution >= 4 is 47.1 Å². The molecule has 19 heteroatoms. The van der Waals surface area contributed by atoms with Crippen molar-refractivity contribution in [2.45, 2.75) is 142 Å². The fourth-order valence-corrected chi connectivity index (χ4v) is 10.8. The van der Waals surface area contributed by atoms with Gasteiger partial charge in [-0.05, 0) is 155 Å². The van der Waals surface area contributed by atoms with Gasteiger partial charge in [-0.1, -0.05) is 49.4 Å². The van der Waals surface area contributed by atoms with Gasteiger partial charge in [-0.3, -0.25) is 43.8 Å². The number of unbranched alkanes of at least 4 members (excludes halogenated alkanes) is 2. The predicted molar refractivity (Wildman–Crippen MR) is 310 cm³/mol. The Morgan fingerprint density at radius 1 is 0.667 bits per heavy atom. The van der Waals surface area contributed by atoms with Crippen molar-refractivity contribution in [3.63, 3.8) is 0 Å². The molecule has 1 N–H and O–H groups in total. The number of rotatable bonds is 34. The van der Waals surface area contributed by atoms with Gasteiger partial charge in [-0.2, -0.15) is 0 Å². The number of piperidine rings is 2. The van der Waals surface area contributed by atoms with E-state index in [1.54, 1.807) is 31.3 Å². The molecule has 0 aliphatic carbocycles. The third-order valence-electron chi connectivity index (χ3n) is 15.6. The van der Waals surface area contributed by atoms with Gasteiger partial charge in [0.2, 0.25) is 17.7 Å². The number of ether oxygens (including phenoxy) is 8. The van der Waals surface area contributed by atoms with E-state index < -0.39 is 53.7 Å². The molecule has 1 unspecified atom stereocenters. The molecule has 452 valence electrons. The molecule has 0 radical (unpaired) electrons. The first kappa shape index (κ1) is 64.1. The molecule has 5 amide bonds. The van der Waals surface area contributed by atoms with E-state index in [1.165, 1.54) is 23.3 Å². The molecule has 4 aromatic carbocycles. The van der Waals surface area contributed by atoms with Crippen LogP contribution >= 0.6 is 0 Å². The van der Waals surface area contributed by atoms with Crippen LogP contribution in [0, 0.1) is 20.8 Å². The molecule has 3 aliphatic rings. The van der Waals surface area contributed by atoms with Crippen molar-refractivity contribution in [2.24, 2.45) is 0 Å². The molecule has 4 aromatic rings. The summed E-state index contributed by atoms with van der Waals surface area (Å²) in [6, 6.07) is 20.1. The van der Waals surface area contributed by atoms with Crippen LogP contribution in [0.1, 0.15) is 157 Å². The van der Waals surface area contributed by atoms with Gasteiger partial charge in [0.15, 0.2) is 23.1 Å². The number of aryl methyl sites for hydroxylation is 4. The summed E-state index contributed by atoms with van der Waals surface area (Å²) in [6.07, 6.45) is 6.19. The van der Waals surface area contributed by atoms with Crippen molar-refractivity contribution in [1.82, 2.24) is 15.1 Å². The first-order valence-corrected chi connectivity index (χ1v) is 29.4. The van der Waals surface area contributed by atoms with Crippen molar-refractivity contribution in [1.29, 1.82) is 0 Å². The lowest BCUT2D eigenvalue weighted by molar-refractivity contribution is -0.162. The number of amides is 5. The lowest BCUT2D eigenvalue weighted by Gasteiger charge is -2.37. The number of methoxy groups -OCH3 is 2. The molecule has 84 heavy (non-hydrogen) atoms. The summed E-state index contributed by atoms with van der Waals surface area (Å²) in [6.45, 7) is 10.5. The largest absolute Gasteiger partial charge is 0.493 e. The van der Waals surface area contributed by atoms with E-state index in [-0.39, 0.29) is 66.8 Å². The SMILES string of the molecule is CC[C@H](C(=O)N1CCCC[C@H]1C(=O)O[C@H](CCc1ccc(C)c(C)c1)c1cccc(OCC(=O)CCCCOCCOCCOCCCCC(=O)COc2cccc3c2C(=O)N(C2CCC(=O)NC2=O)C3=O)c1)c1cc(C)c(OC)c(OC)c1. The van der Waals surface area contributed by atoms with E-state index in [2.05, 4.69) is 37.4 Å². The number of imide groups is 2. The molecule has 3 aliphatic heterocycles. The van der Waals surface area contributed by atoms with Gasteiger partial charge >= 0.3 is 5.97 Å². The zero-order valence-corrected chi connectivity index (χ0v) is 49.4. The van der Waals surface area contributed by atoms with Crippen LogP contribution in [-0.4, -0.2) is 143 Å². The molecule has 0 saturated carbocycles. The highest BCUT2D eigenvalue weighted by Crippen LogP contribution is 2.38. The van der Waals surface area contributed by atoms with Gasteiger partial charge in [0, 0.05) is 39.0 Å². The molecular weight excluding hydrogens is 1080 g/mol. The maximum atomic E-state index is 14.5. The molecule has 0 aromatic heterocycles. The average molecular weight is 1160 g/mol. The number of hydrogen-bond acceptors (Lipinski definition) is 16. The summed E-state index contributed by atoms with van der Waals surface area (Å²) in [4.78, 5) is 107. The van der Waals surface area contributed by atoms with Crippen LogP contribution in [0.2, 0.25) is 0 Å². The standard InChI is InChI=1S/C65H81N3O16/c1-7-51(47-37-44(4)60(78-6)57(39-47)77-5)62(73)67-29-11-8-21-54(67)65(76)84-55(27-25-45-24-23-42(2)43(3)36-45)46-16-14-19-50(38-46)82-40-48(69)17-9-12-30-79-32-34-81-35-33-80-31-13-10-18-49(70)41-83-56-22-15-20-52-59(56)64(75)68(63(52)74)53-26-28-58(71)66-61(53)72/h14-16,19-20,22-24,36-39,51,53-55H,7-13,17-18,21,25-35,40-41H2,1-6H3,(H,66,71,72)/t51-,53?,54-,55+/m0/s1. The topological polar surface area (TPSA) is 229 Å². The zero-order chi connectivity index (χ0) is 60.1. The number of carbonyl (C=O) groups excluding carboxylic acids is 8. The van der Waals surface area contributed by atoms with E-state index in [4.69, 9.17) is 37.9 Å². The molecule has 2 fully saturated rings. The number of fused-ring (bicyclic) bond motifs is 1. The Morgan fingerprint density at radius 2 is 1.36 bits per heavy atom. The number of nitrogens with one attached hydrogen (secondary N) is 1. The number of hydrogen-bond donors (Lipinski definition) is 1. The summed E-state index contributed by atoms with van der Waals surface area (Å²) >= 11 is 0. The molecule has 3 heterocycles. The van der Waals surface area contributed by atoms with Gasteiger partial charge in [0.05, 0.1) is 57.7 Å². The maximum absolute atomic E-state index is 14.5. The molecule has 4 atom stereocenters. The highest BCUT2D eigenvalue weighted by atomic mass is 16.6. The second-order valence-corrected chi connectivity index (χ2v) is 21.6. The van der Waals surface area contributed by atoms with Crippen LogP contribution in [0.25, 0.3) is 0 Å². The first-order valence-electron chi connectivity index (χ1n) is 29.4. The number of Topliss-reactive ketones (excluding diaryl/α,β-unsaturated/α-hetero) is 2. The van der Waals surface area contributed by atoms with Gasteiger partial charge in [-0.25, -0.2) is 4.79 Å². The minimum absolute atomic E-state index is 0.00575. The number of likely N-dealkylation sites (tertiary alicyclic amines) is 1. The van der Waals surface area contributed by atoms with Crippen LogP contribution in [0.15, 0.2) is 72.8 Å². The fourth-order valence-electron chi connectivity index (χ4n) is 10.8. The van der Waals surface area contributed by atoms with Crippen molar-refractivity contribution in [3.8, 4) is 23.0 Å². The molecular formula is C65H81N3O16. The Kier molecular flexibility index (Phi) is 24.4. The van der Waals surface area contributed by atoms with Crippen LogP contribution < -0.4 is 24.3 Å². The summed E-state index contributed by atoms with van der Waals surface area (Å²) in [5, 5.41) is 2.17. The minimum Gasteiger partial charge on any atom is -0.493 e. The maximum Gasteiger partial charge on any atom is 0.329 e. The normalized spacial score (nSPS) is 16.6. The van der Waals surface area contributed by atoms with Crippen LogP contribution in [0.5, 0.6) is 23.0 Å². The zero-order valence-electron chi connectivity index (χ0n) is 49.4. The Hall–Kier alpha value is -7.48. The number of benzene rings is 4. The highest BCUT2D eigenvalue weighted by molar-refractivity contribution is 6.24. The van der Waals surface area contributed by atoms with Gasteiger partial charge in [0.25, 0.3) is 11.8 Å². The van der Waals surface area contributed by atoms with Crippen molar-refractivity contribution < 1.29 is 76.3 Å². The number of ketones is 2. The Bertz CT molecular complexity index is 2980. The number of nitrogens with zero attached hydrogens (tertiary/aromatic N) is 2. The van der Waals surface area contributed by atoms with Gasteiger partial charge in [0.1, 0.15) is 42.9 Å². The van der Waals surface area contributed by atoms with E-state index >= 15 is 0 Å². The third-order valence-corrected chi connectivity index (χ3v) is 15.6. The summed E-state index contributed by atoms with van der Waals surface area (Å²) in [5.41, 5.74) is 5.95. The summed E-state index contributed by atoms with van der Waals surface area (Å²) in [5.74, 6) is -2.10. The minimum atomic E-state index is -1.10. The van der Waals surface area contributed by atoms with E-state index in [0.29, 0.717) is 121 Å². The predicted octanol–water partition coefficient (Wildman–Crippen LogP) is 8.81. The lowest BCUT2D eigenvalue weighted by atomic mass is 9.91. The Morgan fingerprint density at radius 3 is 2.02 bits per heavy atom. The number of esters is 1. The molecule has 0 spiro atoms. The van der Waals surface area contributed by atoms with E-state index in [1.807, 2.05) is 44.2 Å². The second kappa shape index (κ2) is 32.0. The van der Waals surface area contributed by atoms with Crippen LogP contribution in [-0.2, 0) is 54.1 Å². The first-order chi connectivity index (χ1) is 40.6. The van der Waals surface area contributed by atoms with Crippen LogP contribution in [0.4, 0.5) is 0 Å². The average Bonchev–Trinajstić information content (AvgIpc) is 2.81. The molecule has 0 bridgehead atoms. The summed E-state index contributed by atoms with van der Waals surface area (Å²) in [7, 11) is 3.16. The monoisotopic (exact) mass is 1160 g/mol. The number of carbonyl (C=O) groups is 8. The fraction of sp³-hybridized carbons (Fsp3) is 0.508. The summed E-state index contributed by atoms with van der Waals surface area (Å²) < 4.78 is 46.3. The highest BCUT2D eigenvalue weighted by Gasteiger charge is 2.46. The second-order valence-electron chi connectivity index (χ2n) is 21.6. The van der Waals surface area contributed by atoms with E-state index in [0.717, 1.165) is 40.0 Å². The van der Waals surface area contributed by atoms with Crippen molar-refractivity contribution in [2.75, 3.05) is 73.6 Å². The Labute approximate surface area is 492 Å². The quantitative estimate of drug-likeness (QED) is 0.0262. The van der Waals surface area contributed by atoms with Gasteiger partial charge in [-0.15, -0.1) is 0 Å². The molecule has 7 rings (SSSR count). The lowest BCUT2D eigenvalue weighted by Crippen LogP contribution is -2.54. The smallest absolute Gasteiger partial charge is 0.329 e. The van der Waals surface area contributed by atoms with Crippen LogP contribution in [0.3, 0.4) is 0 Å². The van der Waals surface area contributed by atoms with Crippen molar-refractivity contribution in [3.05, 3.63) is 117 Å². The Balaban J connectivity index is 0.769. The molecule has 19 nitrogen and oxygen atoms in total. The van der Waals surface area contributed by atoms with Gasteiger partial charge < -0.3 is 42.8 Å².